The van der Waals surface area contributed by atoms with E-state index in [1.807, 2.05) is 11.8 Å². The van der Waals surface area contributed by atoms with E-state index >= 15 is 0 Å². The monoisotopic (exact) mass is 245 g/mol. The number of halogens is 1. The first-order valence-corrected chi connectivity index (χ1v) is 7.30. The van der Waals surface area contributed by atoms with Crippen molar-refractivity contribution in [3.05, 3.63) is 20.8 Å². The van der Waals surface area contributed by atoms with Crippen molar-refractivity contribution in [1.29, 1.82) is 0 Å². The van der Waals surface area contributed by atoms with Crippen molar-refractivity contribution in [2.45, 2.75) is 24.9 Å². The number of fused-ring (bicyclic) bond motifs is 1. The van der Waals surface area contributed by atoms with Gasteiger partial charge >= 0.3 is 0 Å². The lowest BCUT2D eigenvalue weighted by atomic mass is 10.1. The number of thioether (sulfide) groups is 1. The summed E-state index contributed by atoms with van der Waals surface area (Å²) in [7, 11) is 0. The van der Waals surface area contributed by atoms with Crippen molar-refractivity contribution in [2.75, 3.05) is 11.5 Å². The van der Waals surface area contributed by atoms with Crippen LogP contribution in [0.4, 0.5) is 0 Å². The Labute approximate surface area is 97.2 Å². The van der Waals surface area contributed by atoms with Gasteiger partial charge in [0.2, 0.25) is 0 Å². The van der Waals surface area contributed by atoms with E-state index in [4.69, 9.17) is 11.6 Å². The maximum absolute atomic E-state index is 6.01. The molecule has 76 valence electrons. The van der Waals surface area contributed by atoms with Crippen molar-refractivity contribution in [1.82, 2.24) is 5.32 Å². The minimum Gasteiger partial charge on any atom is -0.305 e. The number of rotatable bonds is 2. The Bertz CT molecular complexity index is 346. The van der Waals surface area contributed by atoms with Gasteiger partial charge in [0.15, 0.2) is 0 Å². The molecule has 0 amide bonds. The van der Waals surface area contributed by atoms with Crippen LogP contribution < -0.4 is 5.32 Å². The Hall–Kier alpha value is 0.300. The number of hydrogen-bond acceptors (Lipinski definition) is 3. The summed E-state index contributed by atoms with van der Waals surface area (Å²) in [6.07, 6.45) is 2.48. The Kier molecular flexibility index (Phi) is 2.52. The Morgan fingerprint density at radius 1 is 1.43 bits per heavy atom. The molecular formula is C10H12ClNS2. The van der Waals surface area contributed by atoms with Gasteiger partial charge in [-0.3, -0.25) is 0 Å². The lowest BCUT2D eigenvalue weighted by Gasteiger charge is -2.29. The van der Waals surface area contributed by atoms with Gasteiger partial charge < -0.3 is 5.32 Å². The second-order valence-electron chi connectivity index (χ2n) is 3.92. The standard InChI is InChI=1S/C10H12ClNS2/c11-10-3-7-8(1-2-9(7)14-10)12-6-4-13-5-6/h3,6,8,12H,1-2,4-5H2. The van der Waals surface area contributed by atoms with Crippen molar-refractivity contribution in [3.63, 3.8) is 0 Å². The van der Waals surface area contributed by atoms with E-state index in [1.54, 1.807) is 11.3 Å². The molecule has 1 aromatic rings. The molecule has 0 bridgehead atoms. The molecule has 0 radical (unpaired) electrons. The molecule has 0 saturated carbocycles. The number of hydrogen-bond donors (Lipinski definition) is 1. The Morgan fingerprint density at radius 3 is 3.00 bits per heavy atom. The highest BCUT2D eigenvalue weighted by molar-refractivity contribution is 8.00. The minimum absolute atomic E-state index is 0.583. The molecule has 1 N–H and O–H groups in total. The minimum atomic E-state index is 0.583. The van der Waals surface area contributed by atoms with Gasteiger partial charge in [0.1, 0.15) is 0 Å². The predicted molar refractivity (Wildman–Crippen MR) is 64.6 cm³/mol. The first-order valence-electron chi connectivity index (χ1n) is 4.95. The van der Waals surface area contributed by atoms with Crippen molar-refractivity contribution in [3.8, 4) is 0 Å². The maximum Gasteiger partial charge on any atom is 0.0934 e. The van der Waals surface area contributed by atoms with Crippen LogP contribution in [0.2, 0.25) is 4.34 Å². The van der Waals surface area contributed by atoms with Gasteiger partial charge in [-0.2, -0.15) is 11.8 Å². The topological polar surface area (TPSA) is 12.0 Å². The molecule has 0 spiro atoms. The van der Waals surface area contributed by atoms with Crippen LogP contribution in [0.3, 0.4) is 0 Å². The summed E-state index contributed by atoms with van der Waals surface area (Å²) in [5.41, 5.74) is 1.47. The lowest BCUT2D eigenvalue weighted by molar-refractivity contribution is 0.472. The fourth-order valence-corrected chi connectivity index (χ4v) is 4.14. The second kappa shape index (κ2) is 3.71. The van der Waals surface area contributed by atoms with Gasteiger partial charge in [-0.05, 0) is 24.5 Å². The van der Waals surface area contributed by atoms with Crippen molar-refractivity contribution in [2.24, 2.45) is 0 Å². The van der Waals surface area contributed by atoms with Crippen LogP contribution >= 0.6 is 34.7 Å². The number of nitrogens with one attached hydrogen (secondary N) is 1. The molecule has 2 aliphatic rings. The second-order valence-corrected chi connectivity index (χ2v) is 6.76. The lowest BCUT2D eigenvalue weighted by Crippen LogP contribution is -2.41. The molecule has 3 rings (SSSR count). The van der Waals surface area contributed by atoms with Gasteiger partial charge in [0.25, 0.3) is 0 Å². The molecule has 1 aliphatic heterocycles. The van der Waals surface area contributed by atoms with E-state index in [0.29, 0.717) is 6.04 Å². The molecule has 1 atom stereocenters. The van der Waals surface area contributed by atoms with E-state index in [1.165, 1.54) is 34.8 Å². The highest BCUT2D eigenvalue weighted by Gasteiger charge is 2.28. The van der Waals surface area contributed by atoms with Crippen LogP contribution in [0.15, 0.2) is 6.07 Å². The normalized spacial score (nSPS) is 26.2. The van der Waals surface area contributed by atoms with Crippen LogP contribution in [0.25, 0.3) is 0 Å². The van der Waals surface area contributed by atoms with E-state index in [0.717, 1.165) is 10.4 Å². The molecule has 14 heavy (non-hydrogen) atoms. The largest absolute Gasteiger partial charge is 0.305 e. The van der Waals surface area contributed by atoms with Gasteiger partial charge in [0.05, 0.1) is 4.34 Å². The number of thiophene rings is 1. The van der Waals surface area contributed by atoms with Crippen LogP contribution in [0.1, 0.15) is 22.9 Å². The molecule has 1 aliphatic carbocycles. The van der Waals surface area contributed by atoms with Crippen molar-refractivity contribution >= 4 is 34.7 Å². The molecule has 1 unspecified atom stereocenters. The summed E-state index contributed by atoms with van der Waals surface area (Å²) in [6, 6.07) is 3.48. The summed E-state index contributed by atoms with van der Waals surface area (Å²) in [4.78, 5) is 1.50. The van der Waals surface area contributed by atoms with E-state index in [9.17, 15) is 0 Å². The van der Waals surface area contributed by atoms with Gasteiger partial charge in [-0.25, -0.2) is 0 Å². The van der Waals surface area contributed by atoms with Crippen LogP contribution in [0, 0.1) is 0 Å². The summed E-state index contributed by atoms with van der Waals surface area (Å²) >= 11 is 9.80. The van der Waals surface area contributed by atoms with Crippen molar-refractivity contribution < 1.29 is 0 Å². The third kappa shape index (κ3) is 1.60. The molecule has 1 fully saturated rings. The molecule has 0 aromatic carbocycles. The average molecular weight is 246 g/mol. The quantitative estimate of drug-likeness (QED) is 0.860. The summed E-state index contributed by atoms with van der Waals surface area (Å²) in [5.74, 6) is 2.56. The third-order valence-corrected chi connectivity index (χ3v) is 5.54. The average Bonchev–Trinajstić information content (AvgIpc) is 2.57. The third-order valence-electron chi connectivity index (χ3n) is 2.92. The summed E-state index contributed by atoms with van der Waals surface area (Å²) in [5, 5.41) is 3.71. The molecule has 4 heteroatoms. The van der Waals surface area contributed by atoms with E-state index in [-0.39, 0.29) is 0 Å². The Morgan fingerprint density at radius 2 is 2.29 bits per heavy atom. The zero-order valence-electron chi connectivity index (χ0n) is 7.75. The van der Waals surface area contributed by atoms with Gasteiger partial charge in [0, 0.05) is 28.5 Å². The van der Waals surface area contributed by atoms with Gasteiger partial charge in [-0.1, -0.05) is 11.6 Å². The van der Waals surface area contributed by atoms with Crippen LogP contribution in [-0.4, -0.2) is 17.5 Å². The zero-order chi connectivity index (χ0) is 9.54. The van der Waals surface area contributed by atoms with E-state index in [2.05, 4.69) is 11.4 Å². The smallest absolute Gasteiger partial charge is 0.0934 e. The first-order chi connectivity index (χ1) is 6.83. The summed E-state index contributed by atoms with van der Waals surface area (Å²) < 4.78 is 0.949. The predicted octanol–water partition coefficient (Wildman–Crippen LogP) is 3.09. The first kappa shape index (κ1) is 9.52. The molecule has 1 saturated heterocycles. The fourth-order valence-electron chi connectivity index (χ4n) is 2.12. The fraction of sp³-hybridized carbons (Fsp3) is 0.600. The van der Waals surface area contributed by atoms with Crippen LogP contribution in [0.5, 0.6) is 0 Å². The highest BCUT2D eigenvalue weighted by atomic mass is 35.5. The zero-order valence-corrected chi connectivity index (χ0v) is 10.1. The molecule has 1 aromatic heterocycles. The van der Waals surface area contributed by atoms with E-state index < -0.39 is 0 Å². The molecule has 1 nitrogen and oxygen atoms in total. The maximum atomic E-state index is 6.01. The molecular weight excluding hydrogens is 234 g/mol. The SMILES string of the molecule is Clc1cc2c(s1)CCC2NC1CSC1. The van der Waals surface area contributed by atoms with Gasteiger partial charge in [-0.15, -0.1) is 11.3 Å². The Balaban J connectivity index is 1.75. The van der Waals surface area contributed by atoms with Crippen LogP contribution in [-0.2, 0) is 6.42 Å². The highest BCUT2D eigenvalue weighted by Crippen LogP contribution is 2.40. The summed E-state index contributed by atoms with van der Waals surface area (Å²) in [6.45, 7) is 0. The number of aryl methyl sites for hydroxylation is 1. The molecule has 2 heterocycles.